The fourth-order valence-corrected chi connectivity index (χ4v) is 1.91. The van der Waals surface area contributed by atoms with Crippen LogP contribution in [0.1, 0.15) is 6.23 Å². The molecule has 2 heterocycles. The Balaban J connectivity index is 2.43. The van der Waals surface area contributed by atoms with Gasteiger partial charge in [0.25, 0.3) is 5.56 Å². The van der Waals surface area contributed by atoms with E-state index >= 15 is 0 Å². The van der Waals surface area contributed by atoms with Crippen molar-refractivity contribution in [2.24, 2.45) is 0 Å². The van der Waals surface area contributed by atoms with Gasteiger partial charge < -0.3 is 24.8 Å². The smallest absolute Gasteiger partial charge is 0.330 e. The first kappa shape index (κ1) is 13.7. The van der Waals surface area contributed by atoms with E-state index in [2.05, 4.69) is 0 Å². The molecule has 0 bridgehead atoms. The molecule has 0 aromatic carbocycles. The predicted octanol–water partition coefficient (Wildman–Crippen LogP) is -2.84. The molecule has 4 N–H and O–H groups in total. The van der Waals surface area contributed by atoms with Crippen molar-refractivity contribution in [3.8, 4) is 5.75 Å². The van der Waals surface area contributed by atoms with Gasteiger partial charge in [-0.25, -0.2) is 4.79 Å². The maximum absolute atomic E-state index is 11.7. The highest BCUT2D eigenvalue weighted by atomic mass is 16.6. The summed E-state index contributed by atoms with van der Waals surface area (Å²) >= 11 is 0. The van der Waals surface area contributed by atoms with Gasteiger partial charge in [0.2, 0.25) is 5.75 Å². The second kappa shape index (κ2) is 5.13. The minimum atomic E-state index is -1.41. The molecule has 0 radical (unpaired) electrons. The highest BCUT2D eigenvalue weighted by molar-refractivity contribution is 5.12. The maximum Gasteiger partial charge on any atom is 0.330 e. The van der Waals surface area contributed by atoms with Gasteiger partial charge >= 0.3 is 5.69 Å². The molecule has 19 heavy (non-hydrogen) atoms. The summed E-state index contributed by atoms with van der Waals surface area (Å²) in [6.45, 7) is -0.510. The summed E-state index contributed by atoms with van der Waals surface area (Å²) < 4.78 is 10.8. The molecule has 106 valence electrons. The van der Waals surface area contributed by atoms with Crippen molar-refractivity contribution in [2.45, 2.75) is 24.5 Å². The number of methoxy groups -OCH3 is 1. The summed E-state index contributed by atoms with van der Waals surface area (Å²) in [7, 11) is 1.25. The molecule has 1 saturated heterocycles. The molecular formula is C10H14N2O7. The summed E-state index contributed by atoms with van der Waals surface area (Å²) in [6, 6.07) is 0. The standard InChI is InChI=1S/C10H14N2O7/c1-18-4-2-12(10(17)11-8(4)16)9-7(15)6(14)5(3-13)19-9/h2,5-7,9,13-15H,3H2,1H3,(H,11,16,17)/t5-,6-,7+,9-/m1/s1. The van der Waals surface area contributed by atoms with Gasteiger partial charge in [-0.2, -0.15) is 0 Å². The lowest BCUT2D eigenvalue weighted by Gasteiger charge is -2.17. The third-order valence-corrected chi connectivity index (χ3v) is 2.95. The molecule has 4 atom stereocenters. The van der Waals surface area contributed by atoms with Crippen LogP contribution in [0.4, 0.5) is 0 Å². The van der Waals surface area contributed by atoms with Crippen molar-refractivity contribution in [3.63, 3.8) is 0 Å². The summed E-state index contributed by atoms with van der Waals surface area (Å²) in [6.07, 6.45) is -3.90. The summed E-state index contributed by atoms with van der Waals surface area (Å²) in [5, 5.41) is 28.4. The molecule has 1 aliphatic heterocycles. The van der Waals surface area contributed by atoms with Crippen LogP contribution in [0, 0.1) is 0 Å². The second-order valence-corrected chi connectivity index (χ2v) is 4.09. The quantitative estimate of drug-likeness (QED) is 0.466. The lowest BCUT2D eigenvalue weighted by atomic mass is 10.1. The molecule has 9 heteroatoms. The van der Waals surface area contributed by atoms with Gasteiger partial charge in [0.15, 0.2) is 6.23 Å². The molecule has 1 fully saturated rings. The van der Waals surface area contributed by atoms with Gasteiger partial charge in [-0.15, -0.1) is 0 Å². The van der Waals surface area contributed by atoms with E-state index in [4.69, 9.17) is 14.6 Å². The number of nitrogens with one attached hydrogen (secondary N) is 1. The second-order valence-electron chi connectivity index (χ2n) is 4.09. The zero-order chi connectivity index (χ0) is 14.2. The van der Waals surface area contributed by atoms with E-state index in [1.54, 1.807) is 0 Å². The van der Waals surface area contributed by atoms with Gasteiger partial charge in [0, 0.05) is 0 Å². The predicted molar refractivity (Wildman–Crippen MR) is 60.9 cm³/mol. The molecule has 0 amide bonds. The first-order valence-corrected chi connectivity index (χ1v) is 5.51. The first-order chi connectivity index (χ1) is 8.99. The average Bonchev–Trinajstić information content (AvgIpc) is 2.67. The molecule has 9 nitrogen and oxygen atoms in total. The zero-order valence-electron chi connectivity index (χ0n) is 10.0. The minimum Gasteiger partial charge on any atom is -0.490 e. The molecule has 1 aliphatic rings. The van der Waals surface area contributed by atoms with Crippen LogP contribution in [0.2, 0.25) is 0 Å². The summed E-state index contributed by atoms with van der Waals surface area (Å²) in [5.74, 6) is -0.141. The number of aliphatic hydroxyl groups excluding tert-OH is 3. The lowest BCUT2D eigenvalue weighted by Crippen LogP contribution is -2.38. The number of aliphatic hydroxyl groups is 3. The van der Waals surface area contributed by atoms with Crippen LogP contribution in [-0.4, -0.2) is 56.9 Å². The van der Waals surface area contributed by atoms with Crippen molar-refractivity contribution >= 4 is 0 Å². The number of aromatic amines is 1. The van der Waals surface area contributed by atoms with Crippen LogP contribution >= 0.6 is 0 Å². The lowest BCUT2D eigenvalue weighted by molar-refractivity contribution is -0.0552. The topological polar surface area (TPSA) is 134 Å². The van der Waals surface area contributed by atoms with Gasteiger partial charge in [-0.05, 0) is 0 Å². The SMILES string of the molecule is COc1cn([C@@H]2O[C@H](CO)[C@@H](O)[C@@H]2O)c(=O)[nH]c1=O. The van der Waals surface area contributed by atoms with Gasteiger partial charge in [0.05, 0.1) is 19.9 Å². The van der Waals surface area contributed by atoms with E-state index in [-0.39, 0.29) is 5.75 Å². The van der Waals surface area contributed by atoms with Gasteiger partial charge in [0.1, 0.15) is 18.3 Å². The number of hydrogen-bond donors (Lipinski definition) is 4. The number of nitrogens with zero attached hydrogens (tertiary/aromatic N) is 1. The third-order valence-electron chi connectivity index (χ3n) is 2.95. The first-order valence-electron chi connectivity index (χ1n) is 5.51. The number of H-pyrrole nitrogens is 1. The van der Waals surface area contributed by atoms with Crippen molar-refractivity contribution in [1.82, 2.24) is 9.55 Å². The van der Waals surface area contributed by atoms with Crippen LogP contribution < -0.4 is 16.0 Å². The van der Waals surface area contributed by atoms with E-state index in [9.17, 15) is 19.8 Å². The van der Waals surface area contributed by atoms with E-state index < -0.39 is 42.4 Å². The van der Waals surface area contributed by atoms with Crippen LogP contribution in [0.15, 0.2) is 15.8 Å². The minimum absolute atomic E-state index is 0.141. The van der Waals surface area contributed by atoms with Crippen LogP contribution in [0.25, 0.3) is 0 Å². The Morgan fingerprint density at radius 3 is 2.63 bits per heavy atom. The highest BCUT2D eigenvalue weighted by Crippen LogP contribution is 2.28. The Kier molecular flexibility index (Phi) is 3.71. The Morgan fingerprint density at radius 2 is 2.11 bits per heavy atom. The Hall–Kier alpha value is -1.68. The largest absolute Gasteiger partial charge is 0.490 e. The fraction of sp³-hybridized carbons (Fsp3) is 0.600. The normalized spacial score (nSPS) is 30.5. The monoisotopic (exact) mass is 274 g/mol. The van der Waals surface area contributed by atoms with Crippen molar-refractivity contribution in [1.29, 1.82) is 0 Å². The van der Waals surface area contributed by atoms with Crippen LogP contribution in [-0.2, 0) is 4.74 Å². The number of hydrogen-bond acceptors (Lipinski definition) is 7. The number of rotatable bonds is 3. The molecule has 0 unspecified atom stereocenters. The Bertz CT molecular complexity index is 566. The number of aromatic nitrogens is 2. The molecule has 0 aliphatic carbocycles. The van der Waals surface area contributed by atoms with Gasteiger partial charge in [-0.3, -0.25) is 14.3 Å². The number of ether oxygens (including phenoxy) is 2. The maximum atomic E-state index is 11.7. The fourth-order valence-electron chi connectivity index (χ4n) is 1.91. The third kappa shape index (κ3) is 2.28. The molecule has 0 saturated carbocycles. The zero-order valence-corrected chi connectivity index (χ0v) is 10.0. The molecule has 0 spiro atoms. The van der Waals surface area contributed by atoms with Gasteiger partial charge in [-0.1, -0.05) is 0 Å². The van der Waals surface area contributed by atoms with E-state index in [1.165, 1.54) is 7.11 Å². The van der Waals surface area contributed by atoms with Crippen LogP contribution in [0.3, 0.4) is 0 Å². The molecule has 2 rings (SSSR count). The highest BCUT2D eigenvalue weighted by Gasteiger charge is 2.43. The van der Waals surface area contributed by atoms with Crippen molar-refractivity contribution in [2.75, 3.05) is 13.7 Å². The van der Waals surface area contributed by atoms with E-state index in [0.717, 1.165) is 10.8 Å². The van der Waals surface area contributed by atoms with E-state index in [1.807, 2.05) is 4.98 Å². The van der Waals surface area contributed by atoms with Crippen molar-refractivity contribution in [3.05, 3.63) is 27.0 Å². The molecular weight excluding hydrogens is 260 g/mol. The Morgan fingerprint density at radius 1 is 1.42 bits per heavy atom. The molecule has 1 aromatic rings. The van der Waals surface area contributed by atoms with Crippen molar-refractivity contribution < 1.29 is 24.8 Å². The average molecular weight is 274 g/mol. The molecule has 1 aromatic heterocycles. The van der Waals surface area contributed by atoms with E-state index in [0.29, 0.717) is 0 Å². The summed E-state index contributed by atoms with van der Waals surface area (Å²) in [5.41, 5.74) is -1.53. The Labute approximate surface area is 106 Å². The van der Waals surface area contributed by atoms with Crippen LogP contribution in [0.5, 0.6) is 5.75 Å². The summed E-state index contributed by atoms with van der Waals surface area (Å²) in [4.78, 5) is 25.0.